The van der Waals surface area contributed by atoms with Gasteiger partial charge in [-0.05, 0) is 39.8 Å². The van der Waals surface area contributed by atoms with Gasteiger partial charge in [0.1, 0.15) is 0 Å². The number of hydrogen-bond donors (Lipinski definition) is 4. The van der Waals surface area contributed by atoms with E-state index in [4.69, 9.17) is 9.47 Å². The molecule has 0 aliphatic carbocycles. The van der Waals surface area contributed by atoms with E-state index >= 15 is 0 Å². The maximum absolute atomic E-state index is 12.5. The van der Waals surface area contributed by atoms with Crippen molar-refractivity contribution < 1.29 is 24.5 Å². The second kappa shape index (κ2) is 14.8. The second-order valence-electron chi connectivity index (χ2n) is 11.9. The van der Waals surface area contributed by atoms with Crippen LogP contribution in [0.25, 0.3) is 11.1 Å². The fraction of sp³-hybridized carbons (Fsp3) is 0.324. The minimum absolute atomic E-state index is 0.00441. The van der Waals surface area contributed by atoms with Gasteiger partial charge in [-0.15, -0.1) is 0 Å². The predicted octanol–water partition coefficient (Wildman–Crippen LogP) is 5.46. The number of carbonyl (C=O) groups is 1. The largest absolute Gasteiger partial charge is 0.392 e. The molecule has 8 nitrogen and oxygen atoms in total. The first kappa shape index (κ1) is 31.0. The van der Waals surface area contributed by atoms with Gasteiger partial charge in [-0.1, -0.05) is 103 Å². The van der Waals surface area contributed by atoms with Gasteiger partial charge < -0.3 is 30.3 Å². The van der Waals surface area contributed by atoms with Crippen molar-refractivity contribution in [3.63, 3.8) is 0 Å². The second-order valence-corrected chi connectivity index (χ2v) is 11.9. The molecular formula is C37H41N3O5. The number of β-amino-alcohol motifs (C(OH)–C–C–N with tert-alkyl or cyclic N) is 1. The lowest BCUT2D eigenvalue weighted by Crippen LogP contribution is -2.38. The van der Waals surface area contributed by atoms with E-state index in [0.717, 1.165) is 58.5 Å². The number of benzene rings is 4. The lowest BCUT2D eigenvalue weighted by Gasteiger charge is -2.38. The van der Waals surface area contributed by atoms with Crippen molar-refractivity contribution in [2.75, 3.05) is 19.6 Å². The molecule has 4 aromatic rings. The summed E-state index contributed by atoms with van der Waals surface area (Å²) in [6.45, 7) is 3.14. The molecule has 2 amide bonds. The molecule has 6 rings (SSSR count). The van der Waals surface area contributed by atoms with Gasteiger partial charge >= 0.3 is 6.03 Å². The quantitative estimate of drug-likeness (QED) is 0.191. The summed E-state index contributed by atoms with van der Waals surface area (Å²) in [6, 6.07) is 33.8. The Morgan fingerprint density at radius 1 is 0.800 bits per heavy atom. The van der Waals surface area contributed by atoms with E-state index in [9.17, 15) is 15.0 Å². The normalized spacial score (nSPS) is 21.8. The SMILES string of the molecule is O=C(NCc1ccccc1)NCc1ccccc1-c1ccc(C2OC(CN3CCC(O)C3)CC(c3ccc(CO)cc3)O2)cc1. The monoisotopic (exact) mass is 607 g/mol. The van der Waals surface area contributed by atoms with E-state index in [-0.39, 0.29) is 30.9 Å². The minimum atomic E-state index is -0.543. The molecule has 4 atom stereocenters. The maximum Gasteiger partial charge on any atom is 0.315 e. The number of rotatable bonds is 10. The summed E-state index contributed by atoms with van der Waals surface area (Å²) in [4.78, 5) is 14.8. The van der Waals surface area contributed by atoms with Gasteiger partial charge in [-0.3, -0.25) is 4.90 Å². The van der Waals surface area contributed by atoms with Crippen LogP contribution in [0.5, 0.6) is 0 Å². The van der Waals surface area contributed by atoms with Crippen molar-refractivity contribution in [1.29, 1.82) is 0 Å². The standard InChI is InChI=1S/C37H41N3O5/c41-25-27-10-12-29(13-11-27)35-20-33(24-40-19-18-32(42)23-40)44-36(45-35)30-16-14-28(15-17-30)34-9-5-4-8-31(34)22-39-37(43)38-21-26-6-2-1-3-7-26/h1-17,32-33,35-36,41-42H,18-25H2,(H2,38,39,43). The third-order valence-corrected chi connectivity index (χ3v) is 8.57. The number of nitrogens with one attached hydrogen (secondary N) is 2. The molecule has 2 saturated heterocycles. The van der Waals surface area contributed by atoms with Crippen molar-refractivity contribution in [2.45, 2.75) is 57.1 Å². The van der Waals surface area contributed by atoms with Crippen LogP contribution in [0.2, 0.25) is 0 Å². The van der Waals surface area contributed by atoms with Crippen molar-refractivity contribution in [1.82, 2.24) is 15.5 Å². The zero-order valence-electron chi connectivity index (χ0n) is 25.3. The number of aliphatic hydroxyl groups is 2. The maximum atomic E-state index is 12.5. The highest BCUT2D eigenvalue weighted by atomic mass is 16.7. The minimum Gasteiger partial charge on any atom is -0.392 e. The summed E-state index contributed by atoms with van der Waals surface area (Å²) < 4.78 is 13.0. The van der Waals surface area contributed by atoms with Gasteiger partial charge in [0.05, 0.1) is 24.9 Å². The van der Waals surface area contributed by atoms with E-state index < -0.39 is 6.29 Å². The Kier molecular flexibility index (Phi) is 10.2. The molecule has 0 bridgehead atoms. The Balaban J connectivity index is 1.14. The first-order valence-electron chi connectivity index (χ1n) is 15.7. The van der Waals surface area contributed by atoms with Crippen LogP contribution in [0.15, 0.2) is 103 Å². The van der Waals surface area contributed by atoms with Crippen LogP contribution in [0, 0.1) is 0 Å². The van der Waals surface area contributed by atoms with Gasteiger partial charge in [0.25, 0.3) is 0 Å². The number of nitrogens with zero attached hydrogens (tertiary/aromatic N) is 1. The third-order valence-electron chi connectivity index (χ3n) is 8.57. The molecule has 0 saturated carbocycles. The van der Waals surface area contributed by atoms with Crippen LogP contribution in [-0.2, 0) is 29.2 Å². The molecule has 4 aromatic carbocycles. The third kappa shape index (κ3) is 8.16. The zero-order valence-corrected chi connectivity index (χ0v) is 25.3. The molecule has 0 aromatic heterocycles. The van der Waals surface area contributed by atoms with Crippen molar-refractivity contribution in [3.05, 3.63) is 131 Å². The summed E-state index contributed by atoms with van der Waals surface area (Å²) >= 11 is 0. The van der Waals surface area contributed by atoms with Crippen LogP contribution in [0.4, 0.5) is 4.79 Å². The summed E-state index contributed by atoms with van der Waals surface area (Å²) in [5.74, 6) is 0. The summed E-state index contributed by atoms with van der Waals surface area (Å²) in [5, 5.41) is 25.4. The van der Waals surface area contributed by atoms with Crippen LogP contribution in [0.3, 0.4) is 0 Å². The van der Waals surface area contributed by atoms with Crippen LogP contribution in [-0.4, -0.2) is 53.0 Å². The molecule has 45 heavy (non-hydrogen) atoms. The average Bonchev–Trinajstić information content (AvgIpc) is 3.50. The van der Waals surface area contributed by atoms with Gasteiger partial charge in [0.15, 0.2) is 6.29 Å². The van der Waals surface area contributed by atoms with Crippen LogP contribution < -0.4 is 10.6 Å². The topological polar surface area (TPSA) is 103 Å². The first-order valence-corrected chi connectivity index (χ1v) is 15.7. The Morgan fingerprint density at radius 2 is 1.51 bits per heavy atom. The van der Waals surface area contributed by atoms with Crippen molar-refractivity contribution >= 4 is 6.03 Å². The van der Waals surface area contributed by atoms with Crippen LogP contribution in [0.1, 0.15) is 53.1 Å². The van der Waals surface area contributed by atoms with E-state index in [1.807, 2.05) is 84.9 Å². The lowest BCUT2D eigenvalue weighted by atomic mass is 9.97. The highest BCUT2D eigenvalue weighted by molar-refractivity contribution is 5.75. The number of urea groups is 1. The Bertz CT molecular complexity index is 1530. The molecule has 0 radical (unpaired) electrons. The number of amides is 2. The number of hydrogen-bond acceptors (Lipinski definition) is 6. The summed E-state index contributed by atoms with van der Waals surface area (Å²) in [7, 11) is 0. The van der Waals surface area contributed by atoms with Gasteiger partial charge in [-0.2, -0.15) is 0 Å². The Morgan fingerprint density at radius 3 is 2.24 bits per heavy atom. The molecule has 2 fully saturated rings. The molecule has 0 spiro atoms. The van der Waals surface area contributed by atoms with Crippen molar-refractivity contribution in [3.8, 4) is 11.1 Å². The molecule has 2 aliphatic rings. The Labute approximate surface area is 264 Å². The number of likely N-dealkylation sites (tertiary alicyclic amines) is 1. The van der Waals surface area contributed by atoms with E-state index in [1.54, 1.807) is 0 Å². The highest BCUT2D eigenvalue weighted by Gasteiger charge is 2.34. The van der Waals surface area contributed by atoms with Crippen molar-refractivity contribution in [2.24, 2.45) is 0 Å². The zero-order chi connectivity index (χ0) is 31.0. The van der Waals surface area contributed by atoms with Gasteiger partial charge in [0.2, 0.25) is 0 Å². The molecular weight excluding hydrogens is 566 g/mol. The van der Waals surface area contributed by atoms with Crippen LogP contribution >= 0.6 is 0 Å². The predicted molar refractivity (Wildman–Crippen MR) is 173 cm³/mol. The fourth-order valence-corrected chi connectivity index (χ4v) is 6.09. The lowest BCUT2D eigenvalue weighted by molar-refractivity contribution is -0.252. The molecule has 4 N–H and O–H groups in total. The molecule has 4 unspecified atom stereocenters. The molecule has 8 heteroatoms. The number of aliphatic hydroxyl groups excluding tert-OH is 2. The summed E-state index contributed by atoms with van der Waals surface area (Å²) in [5.41, 5.74) is 7.00. The fourth-order valence-electron chi connectivity index (χ4n) is 6.09. The first-order chi connectivity index (χ1) is 22.0. The average molecular weight is 608 g/mol. The molecule has 2 heterocycles. The highest BCUT2D eigenvalue weighted by Crippen LogP contribution is 2.39. The van der Waals surface area contributed by atoms with E-state index in [2.05, 4.69) is 33.7 Å². The molecule has 234 valence electrons. The van der Waals surface area contributed by atoms with Gasteiger partial charge in [0, 0.05) is 44.7 Å². The summed E-state index contributed by atoms with van der Waals surface area (Å²) in [6.07, 6.45) is 0.452. The number of ether oxygens (including phenoxy) is 2. The number of carbonyl (C=O) groups excluding carboxylic acids is 1. The Hall–Kier alpha value is -4.05. The smallest absolute Gasteiger partial charge is 0.315 e. The van der Waals surface area contributed by atoms with E-state index in [0.29, 0.717) is 26.1 Å². The molecule has 2 aliphatic heterocycles. The van der Waals surface area contributed by atoms with E-state index in [1.165, 1.54) is 0 Å². The van der Waals surface area contributed by atoms with Gasteiger partial charge in [-0.25, -0.2) is 4.79 Å².